The van der Waals surface area contributed by atoms with E-state index in [1.165, 1.54) is 10.4 Å². The molecule has 0 unspecified atom stereocenters. The standard InChI is InChI=1S/C26H32N4O5S/c1-18(2)26-28-24(29-35-26)16-20-7-9-21(10-8-20)27-25(31)17-34-23-12-11-22(15-19(23)3)36(32,33)30-13-5-4-6-14-30/h7-12,15,18H,4-6,13-14,16-17H2,1-3H3,(H,27,31). The number of aryl methyl sites for hydroxylation is 1. The molecule has 1 aromatic heterocycles. The van der Waals surface area contributed by atoms with Crippen LogP contribution >= 0.6 is 0 Å². The Morgan fingerprint density at radius 3 is 2.47 bits per heavy atom. The number of rotatable bonds is 9. The Morgan fingerprint density at radius 2 is 1.83 bits per heavy atom. The fourth-order valence-corrected chi connectivity index (χ4v) is 5.60. The summed E-state index contributed by atoms with van der Waals surface area (Å²) in [7, 11) is -3.51. The summed E-state index contributed by atoms with van der Waals surface area (Å²) in [6, 6.07) is 12.2. The topological polar surface area (TPSA) is 115 Å². The fraction of sp³-hybridized carbons (Fsp3) is 0.423. The molecular formula is C26H32N4O5S. The molecule has 1 fully saturated rings. The van der Waals surface area contributed by atoms with Gasteiger partial charge in [-0.2, -0.15) is 9.29 Å². The van der Waals surface area contributed by atoms with Gasteiger partial charge in [-0.25, -0.2) is 8.42 Å². The first-order chi connectivity index (χ1) is 17.2. The number of ether oxygens (including phenoxy) is 1. The summed E-state index contributed by atoms with van der Waals surface area (Å²) in [4.78, 5) is 17.0. The van der Waals surface area contributed by atoms with Crippen LogP contribution in [-0.2, 0) is 21.2 Å². The first-order valence-corrected chi connectivity index (χ1v) is 13.6. The number of anilines is 1. The Balaban J connectivity index is 1.30. The van der Waals surface area contributed by atoms with E-state index in [9.17, 15) is 13.2 Å². The summed E-state index contributed by atoms with van der Waals surface area (Å²) < 4.78 is 38.2. The first kappa shape index (κ1) is 25.8. The maximum Gasteiger partial charge on any atom is 0.262 e. The van der Waals surface area contributed by atoms with Crippen LogP contribution in [0.5, 0.6) is 5.75 Å². The zero-order chi connectivity index (χ0) is 25.7. The number of aromatic nitrogens is 2. The van der Waals surface area contributed by atoms with Crippen LogP contribution in [-0.4, -0.2) is 48.5 Å². The van der Waals surface area contributed by atoms with Gasteiger partial charge in [0.2, 0.25) is 15.9 Å². The predicted molar refractivity (Wildman–Crippen MR) is 136 cm³/mol. The SMILES string of the molecule is Cc1cc(S(=O)(=O)N2CCCCC2)ccc1OCC(=O)Nc1ccc(Cc2noc(C(C)C)n2)cc1. The third-order valence-corrected chi connectivity index (χ3v) is 7.93. The molecule has 0 bridgehead atoms. The lowest BCUT2D eigenvalue weighted by molar-refractivity contribution is -0.118. The summed E-state index contributed by atoms with van der Waals surface area (Å²) in [5, 5.41) is 6.80. The summed E-state index contributed by atoms with van der Waals surface area (Å²) in [6.45, 7) is 6.68. The van der Waals surface area contributed by atoms with Gasteiger partial charge in [-0.1, -0.05) is 37.6 Å². The molecule has 36 heavy (non-hydrogen) atoms. The summed E-state index contributed by atoms with van der Waals surface area (Å²) in [5.74, 6) is 1.57. The number of sulfonamides is 1. The third-order valence-electron chi connectivity index (χ3n) is 6.04. The molecule has 1 N–H and O–H groups in total. The van der Waals surface area contributed by atoms with Crippen LogP contribution in [0.3, 0.4) is 0 Å². The fourth-order valence-electron chi connectivity index (χ4n) is 4.00. The number of piperidine rings is 1. The summed E-state index contributed by atoms with van der Waals surface area (Å²) in [5.41, 5.74) is 2.30. The zero-order valence-electron chi connectivity index (χ0n) is 20.9. The molecule has 10 heteroatoms. The summed E-state index contributed by atoms with van der Waals surface area (Å²) >= 11 is 0. The van der Waals surface area contributed by atoms with Gasteiger partial charge in [-0.15, -0.1) is 0 Å². The Kier molecular flexibility index (Phi) is 8.05. The van der Waals surface area contributed by atoms with E-state index in [0.29, 0.717) is 48.2 Å². The maximum absolute atomic E-state index is 12.9. The van der Waals surface area contributed by atoms with Crippen LogP contribution in [0.2, 0.25) is 0 Å². The minimum absolute atomic E-state index is 0.181. The largest absolute Gasteiger partial charge is 0.483 e. The molecule has 1 amide bonds. The number of carbonyl (C=O) groups is 1. The molecule has 1 aliphatic heterocycles. The minimum atomic E-state index is -3.51. The average molecular weight is 513 g/mol. The van der Waals surface area contributed by atoms with Crippen LogP contribution < -0.4 is 10.1 Å². The highest BCUT2D eigenvalue weighted by molar-refractivity contribution is 7.89. The van der Waals surface area contributed by atoms with Gasteiger partial charge in [0.25, 0.3) is 5.91 Å². The van der Waals surface area contributed by atoms with E-state index >= 15 is 0 Å². The van der Waals surface area contributed by atoms with E-state index in [1.54, 1.807) is 19.1 Å². The van der Waals surface area contributed by atoms with Crippen LogP contribution in [0.4, 0.5) is 5.69 Å². The number of nitrogens with one attached hydrogen (secondary N) is 1. The van der Waals surface area contributed by atoms with Crippen LogP contribution in [0.25, 0.3) is 0 Å². The Morgan fingerprint density at radius 1 is 1.11 bits per heavy atom. The van der Waals surface area contributed by atoms with E-state index in [-0.39, 0.29) is 23.3 Å². The van der Waals surface area contributed by atoms with Crippen molar-refractivity contribution in [2.24, 2.45) is 0 Å². The molecule has 2 aromatic carbocycles. The third kappa shape index (κ3) is 6.30. The Labute approximate surface area is 211 Å². The molecular weight excluding hydrogens is 480 g/mol. The van der Waals surface area contributed by atoms with Crippen LogP contribution in [0.1, 0.15) is 61.9 Å². The number of hydrogen-bond donors (Lipinski definition) is 1. The van der Waals surface area contributed by atoms with Crippen molar-refractivity contribution in [3.8, 4) is 5.75 Å². The molecule has 2 heterocycles. The average Bonchev–Trinajstić information content (AvgIpc) is 3.34. The molecule has 1 saturated heterocycles. The number of nitrogens with zero attached hydrogens (tertiary/aromatic N) is 3. The van der Waals surface area contributed by atoms with Crippen molar-refractivity contribution >= 4 is 21.6 Å². The highest BCUT2D eigenvalue weighted by atomic mass is 32.2. The van der Waals surface area contributed by atoms with Crippen molar-refractivity contribution in [3.63, 3.8) is 0 Å². The van der Waals surface area contributed by atoms with E-state index in [2.05, 4.69) is 15.5 Å². The molecule has 0 spiro atoms. The maximum atomic E-state index is 12.9. The molecule has 1 aliphatic rings. The van der Waals surface area contributed by atoms with Gasteiger partial charge in [0.15, 0.2) is 12.4 Å². The second kappa shape index (κ2) is 11.2. The molecule has 0 saturated carbocycles. The second-order valence-electron chi connectivity index (χ2n) is 9.31. The number of hydrogen-bond acceptors (Lipinski definition) is 7. The molecule has 4 rings (SSSR count). The van der Waals surface area contributed by atoms with Gasteiger partial charge in [0.05, 0.1) is 4.90 Å². The van der Waals surface area contributed by atoms with Crippen molar-refractivity contribution in [2.45, 2.75) is 57.3 Å². The van der Waals surface area contributed by atoms with Gasteiger partial charge < -0.3 is 14.6 Å². The highest BCUT2D eigenvalue weighted by Gasteiger charge is 2.26. The molecule has 0 atom stereocenters. The van der Waals surface area contributed by atoms with E-state index < -0.39 is 10.0 Å². The lowest BCUT2D eigenvalue weighted by Crippen LogP contribution is -2.35. The van der Waals surface area contributed by atoms with Gasteiger partial charge in [-0.3, -0.25) is 4.79 Å². The zero-order valence-corrected chi connectivity index (χ0v) is 21.7. The molecule has 0 radical (unpaired) electrons. The molecule has 9 nitrogen and oxygen atoms in total. The predicted octanol–water partition coefficient (Wildman–Crippen LogP) is 4.28. The van der Waals surface area contributed by atoms with Gasteiger partial charge in [0.1, 0.15) is 5.75 Å². The highest BCUT2D eigenvalue weighted by Crippen LogP contribution is 2.26. The van der Waals surface area contributed by atoms with Crippen molar-refractivity contribution in [1.29, 1.82) is 0 Å². The van der Waals surface area contributed by atoms with E-state index in [4.69, 9.17) is 9.26 Å². The van der Waals surface area contributed by atoms with E-state index in [0.717, 1.165) is 24.8 Å². The molecule has 0 aliphatic carbocycles. The van der Waals surface area contributed by atoms with Crippen molar-refractivity contribution in [1.82, 2.24) is 14.4 Å². The van der Waals surface area contributed by atoms with Crippen molar-refractivity contribution in [3.05, 3.63) is 65.3 Å². The lowest BCUT2D eigenvalue weighted by atomic mass is 10.1. The van der Waals surface area contributed by atoms with Crippen molar-refractivity contribution < 1.29 is 22.5 Å². The Bertz CT molecular complexity index is 1300. The summed E-state index contributed by atoms with van der Waals surface area (Å²) in [6.07, 6.45) is 3.37. The lowest BCUT2D eigenvalue weighted by Gasteiger charge is -2.26. The molecule has 192 valence electrons. The number of amides is 1. The second-order valence-corrected chi connectivity index (χ2v) is 11.2. The minimum Gasteiger partial charge on any atom is -0.483 e. The van der Waals surface area contributed by atoms with Gasteiger partial charge in [0, 0.05) is 31.1 Å². The number of carbonyl (C=O) groups excluding carboxylic acids is 1. The Hall–Kier alpha value is -3.24. The quantitative estimate of drug-likeness (QED) is 0.455. The molecule has 3 aromatic rings. The van der Waals surface area contributed by atoms with Crippen LogP contribution in [0, 0.1) is 6.92 Å². The number of benzene rings is 2. The van der Waals surface area contributed by atoms with Gasteiger partial charge in [-0.05, 0) is 61.2 Å². The van der Waals surface area contributed by atoms with Crippen LogP contribution in [0.15, 0.2) is 51.9 Å². The first-order valence-electron chi connectivity index (χ1n) is 12.2. The van der Waals surface area contributed by atoms with E-state index in [1.807, 2.05) is 38.1 Å². The van der Waals surface area contributed by atoms with Crippen molar-refractivity contribution in [2.75, 3.05) is 25.0 Å². The monoisotopic (exact) mass is 512 g/mol. The normalized spacial score (nSPS) is 14.7. The van der Waals surface area contributed by atoms with Gasteiger partial charge >= 0.3 is 0 Å². The smallest absolute Gasteiger partial charge is 0.262 e.